The highest BCUT2D eigenvalue weighted by Crippen LogP contribution is 2.41. The van der Waals surface area contributed by atoms with Crippen molar-refractivity contribution in [3.8, 4) is 16.9 Å². The molecule has 0 atom stereocenters. The number of hydrogen-bond donors (Lipinski definition) is 1. The molecule has 1 amide bonds. The van der Waals surface area contributed by atoms with Gasteiger partial charge in [-0.15, -0.1) is 0 Å². The molecule has 0 saturated heterocycles. The molecule has 2 aromatic carbocycles. The third kappa shape index (κ3) is 5.78. The molecule has 40 heavy (non-hydrogen) atoms. The first-order valence-corrected chi connectivity index (χ1v) is 15.4. The lowest BCUT2D eigenvalue weighted by atomic mass is 9.98. The van der Waals surface area contributed by atoms with Crippen molar-refractivity contribution in [2.45, 2.75) is 96.0 Å². The first-order chi connectivity index (χ1) is 19.5. The fourth-order valence-corrected chi connectivity index (χ4v) is 6.33. The molecule has 0 radical (unpaired) electrons. The molecule has 2 heterocycles. The molecule has 1 aromatic heterocycles. The molecule has 1 N–H and O–H groups in total. The maximum atomic E-state index is 13.7. The Morgan fingerprint density at radius 1 is 1.07 bits per heavy atom. The van der Waals surface area contributed by atoms with Crippen molar-refractivity contribution in [3.63, 3.8) is 0 Å². The minimum Gasteiger partial charge on any atom is -0.493 e. The summed E-state index contributed by atoms with van der Waals surface area (Å²) in [7, 11) is 0. The van der Waals surface area contributed by atoms with Gasteiger partial charge in [0.2, 0.25) is 0 Å². The molecule has 1 saturated carbocycles. The van der Waals surface area contributed by atoms with E-state index in [0.29, 0.717) is 13.2 Å². The van der Waals surface area contributed by atoms with Gasteiger partial charge in [0.05, 0.1) is 13.2 Å². The maximum Gasteiger partial charge on any atom is 0.256 e. The SMILES string of the molecule is CCCCC1=NC2(CCCC2)C(=O)N1Cc1ccc(-c2ccccc2SNc2noc(C)c2C)c(OCCC)c1. The molecular formula is C32H40N4O3S. The highest BCUT2D eigenvalue weighted by Gasteiger charge is 2.49. The third-order valence-electron chi connectivity index (χ3n) is 7.92. The number of amides is 1. The zero-order valence-corrected chi connectivity index (χ0v) is 24.9. The summed E-state index contributed by atoms with van der Waals surface area (Å²) in [6.07, 6.45) is 7.79. The van der Waals surface area contributed by atoms with Crippen LogP contribution in [-0.2, 0) is 11.3 Å². The number of nitrogens with one attached hydrogen (secondary N) is 1. The van der Waals surface area contributed by atoms with Crippen molar-refractivity contribution >= 4 is 29.5 Å². The number of aryl methyl sites for hydroxylation is 1. The van der Waals surface area contributed by atoms with Crippen LogP contribution in [-0.4, -0.2) is 33.9 Å². The molecular weight excluding hydrogens is 520 g/mol. The first kappa shape index (κ1) is 28.3. The van der Waals surface area contributed by atoms with Gasteiger partial charge in [-0.05, 0) is 69.2 Å². The molecule has 1 fully saturated rings. The average Bonchev–Trinajstić information content (AvgIpc) is 3.65. The molecule has 212 valence electrons. The first-order valence-electron chi connectivity index (χ1n) is 14.6. The van der Waals surface area contributed by atoms with Gasteiger partial charge < -0.3 is 14.0 Å². The van der Waals surface area contributed by atoms with Crippen LogP contribution >= 0.6 is 11.9 Å². The Hall–Kier alpha value is -3.26. The lowest BCUT2D eigenvalue weighted by molar-refractivity contribution is -0.131. The molecule has 8 heteroatoms. The van der Waals surface area contributed by atoms with Gasteiger partial charge in [-0.1, -0.05) is 68.6 Å². The van der Waals surface area contributed by atoms with E-state index in [1.807, 2.05) is 30.9 Å². The predicted molar refractivity (Wildman–Crippen MR) is 162 cm³/mol. The summed E-state index contributed by atoms with van der Waals surface area (Å²) in [5, 5.41) is 4.13. The molecule has 0 bridgehead atoms. The largest absolute Gasteiger partial charge is 0.493 e. The van der Waals surface area contributed by atoms with E-state index in [9.17, 15) is 4.79 Å². The lowest BCUT2D eigenvalue weighted by Crippen LogP contribution is -2.40. The molecule has 1 aliphatic carbocycles. The summed E-state index contributed by atoms with van der Waals surface area (Å²) < 4.78 is 15.0. The highest BCUT2D eigenvalue weighted by molar-refractivity contribution is 8.00. The van der Waals surface area contributed by atoms with Crippen LogP contribution in [0, 0.1) is 13.8 Å². The molecule has 1 aliphatic heterocycles. The normalized spacial score (nSPS) is 16.1. The van der Waals surface area contributed by atoms with Crippen molar-refractivity contribution in [2.75, 3.05) is 11.3 Å². The van der Waals surface area contributed by atoms with Crippen molar-refractivity contribution in [2.24, 2.45) is 4.99 Å². The zero-order chi connectivity index (χ0) is 28.1. The summed E-state index contributed by atoms with van der Waals surface area (Å²) >= 11 is 1.51. The van der Waals surface area contributed by atoms with Gasteiger partial charge in [0.25, 0.3) is 5.91 Å². The van der Waals surface area contributed by atoms with Crippen LogP contribution in [0.15, 0.2) is 56.9 Å². The minimum atomic E-state index is -0.519. The number of carbonyl (C=O) groups is 1. The van der Waals surface area contributed by atoms with Crippen molar-refractivity contribution < 1.29 is 14.1 Å². The topological polar surface area (TPSA) is 80.0 Å². The van der Waals surface area contributed by atoms with Gasteiger partial charge in [0.1, 0.15) is 22.9 Å². The fourth-order valence-electron chi connectivity index (χ4n) is 5.49. The minimum absolute atomic E-state index is 0.183. The number of ether oxygens (including phenoxy) is 1. The Kier molecular flexibility index (Phi) is 8.84. The molecule has 0 unspecified atom stereocenters. The van der Waals surface area contributed by atoms with Crippen LogP contribution < -0.4 is 9.46 Å². The Balaban J connectivity index is 1.42. The quantitative estimate of drug-likeness (QED) is 0.225. The van der Waals surface area contributed by atoms with Crippen LogP contribution in [0.4, 0.5) is 5.82 Å². The van der Waals surface area contributed by atoms with Gasteiger partial charge in [-0.2, -0.15) is 0 Å². The number of rotatable bonds is 12. The van der Waals surface area contributed by atoms with E-state index in [4.69, 9.17) is 14.3 Å². The number of nitrogens with zero attached hydrogens (tertiary/aromatic N) is 3. The fraction of sp³-hybridized carbons (Fsp3) is 0.469. The van der Waals surface area contributed by atoms with E-state index in [0.717, 1.165) is 102 Å². The van der Waals surface area contributed by atoms with Crippen molar-refractivity contribution in [1.29, 1.82) is 0 Å². The average molecular weight is 561 g/mol. The summed E-state index contributed by atoms with van der Waals surface area (Å²) in [5.74, 6) is 3.50. The summed E-state index contributed by atoms with van der Waals surface area (Å²) in [4.78, 5) is 21.7. The monoisotopic (exact) mass is 560 g/mol. The molecule has 5 rings (SSSR count). The summed E-state index contributed by atoms with van der Waals surface area (Å²) in [6, 6.07) is 14.6. The van der Waals surface area contributed by atoms with Gasteiger partial charge in [0.15, 0.2) is 5.82 Å². The van der Waals surface area contributed by atoms with E-state index >= 15 is 0 Å². The van der Waals surface area contributed by atoms with Gasteiger partial charge >= 0.3 is 0 Å². The van der Waals surface area contributed by atoms with E-state index < -0.39 is 5.54 Å². The Labute approximate surface area is 241 Å². The molecule has 2 aliphatic rings. The number of aromatic nitrogens is 1. The second-order valence-corrected chi connectivity index (χ2v) is 11.7. The standard InChI is InChI=1S/C32H40N4O3S/c1-5-7-14-29-33-32(17-10-11-18-32)31(37)36(29)21-24-15-16-25(27(20-24)38-19-6-2)26-12-8-9-13-28(26)40-35-30-22(3)23(4)39-34-30/h8-9,12-13,15-16,20H,5-7,10-11,14,17-19,21H2,1-4H3,(H,34,35). The number of aliphatic imine (C=N–C) groups is 1. The van der Waals surface area contributed by atoms with Crippen LogP contribution in [0.2, 0.25) is 0 Å². The van der Waals surface area contributed by atoms with Crippen molar-refractivity contribution in [1.82, 2.24) is 10.1 Å². The summed E-state index contributed by atoms with van der Waals surface area (Å²) in [6.45, 7) is 9.34. The number of hydrogen-bond acceptors (Lipinski definition) is 7. The lowest BCUT2D eigenvalue weighted by Gasteiger charge is -2.23. The molecule has 3 aromatic rings. The van der Waals surface area contributed by atoms with Crippen LogP contribution in [0.1, 0.15) is 82.1 Å². The number of amidine groups is 1. The second kappa shape index (κ2) is 12.5. The number of carbonyl (C=O) groups excluding carboxylic acids is 1. The highest BCUT2D eigenvalue weighted by atomic mass is 32.2. The number of anilines is 1. The number of unbranched alkanes of at least 4 members (excludes halogenated alkanes) is 1. The van der Waals surface area contributed by atoms with E-state index in [2.05, 4.69) is 54.1 Å². The Bertz CT molecular complexity index is 1380. The van der Waals surface area contributed by atoms with E-state index in [1.165, 1.54) is 11.9 Å². The van der Waals surface area contributed by atoms with E-state index in [1.54, 1.807) is 0 Å². The summed E-state index contributed by atoms with van der Waals surface area (Å²) in [5.41, 5.74) is 3.63. The second-order valence-electron chi connectivity index (χ2n) is 10.9. The Morgan fingerprint density at radius 3 is 2.60 bits per heavy atom. The zero-order valence-electron chi connectivity index (χ0n) is 24.1. The van der Waals surface area contributed by atoms with Gasteiger partial charge in [-0.3, -0.25) is 14.7 Å². The van der Waals surface area contributed by atoms with Crippen LogP contribution in [0.25, 0.3) is 11.1 Å². The van der Waals surface area contributed by atoms with E-state index in [-0.39, 0.29) is 5.91 Å². The maximum absolute atomic E-state index is 13.7. The van der Waals surface area contributed by atoms with Gasteiger partial charge in [-0.25, -0.2) is 0 Å². The van der Waals surface area contributed by atoms with Crippen molar-refractivity contribution in [3.05, 3.63) is 59.4 Å². The van der Waals surface area contributed by atoms with Gasteiger partial charge in [0, 0.05) is 28.0 Å². The number of benzene rings is 2. The predicted octanol–water partition coefficient (Wildman–Crippen LogP) is 8.11. The molecule has 1 spiro atoms. The molecule has 7 nitrogen and oxygen atoms in total. The Morgan fingerprint density at radius 2 is 1.88 bits per heavy atom. The van der Waals surface area contributed by atoms with Crippen LogP contribution in [0.3, 0.4) is 0 Å². The third-order valence-corrected chi connectivity index (χ3v) is 8.79. The van der Waals surface area contributed by atoms with Crippen LogP contribution in [0.5, 0.6) is 5.75 Å². The smallest absolute Gasteiger partial charge is 0.256 e.